The SMILES string of the molecule is O=C1CCC(N2C(=O)c3cc(F)cc(SCc4ccc(CCNC56CC7CC(CC(C7)C5)C6)cc4)c3C2=O)C(=O)N1. The van der Waals surface area contributed by atoms with E-state index in [1.807, 2.05) is 0 Å². The number of fused-ring (bicyclic) bond motifs is 1. The van der Waals surface area contributed by atoms with Gasteiger partial charge in [-0.15, -0.1) is 11.8 Å². The van der Waals surface area contributed by atoms with E-state index in [0.717, 1.165) is 47.2 Å². The first-order chi connectivity index (χ1) is 19.8. The van der Waals surface area contributed by atoms with E-state index in [9.17, 15) is 23.6 Å². The molecule has 41 heavy (non-hydrogen) atoms. The highest BCUT2D eigenvalue weighted by molar-refractivity contribution is 7.98. The number of imide groups is 2. The van der Waals surface area contributed by atoms with E-state index in [2.05, 4.69) is 34.9 Å². The molecule has 2 N–H and O–H groups in total. The van der Waals surface area contributed by atoms with E-state index >= 15 is 0 Å². The number of carbonyl (C=O) groups excluding carboxylic acids is 4. The maximum absolute atomic E-state index is 14.5. The maximum atomic E-state index is 14.5. The lowest BCUT2D eigenvalue weighted by atomic mass is 9.53. The van der Waals surface area contributed by atoms with Crippen molar-refractivity contribution in [3.63, 3.8) is 0 Å². The minimum absolute atomic E-state index is 0.0358. The van der Waals surface area contributed by atoms with Gasteiger partial charge < -0.3 is 5.32 Å². The van der Waals surface area contributed by atoms with Gasteiger partial charge in [0, 0.05) is 22.6 Å². The summed E-state index contributed by atoms with van der Waals surface area (Å²) in [4.78, 5) is 51.6. The van der Waals surface area contributed by atoms with Crippen molar-refractivity contribution in [1.29, 1.82) is 0 Å². The molecule has 5 fully saturated rings. The van der Waals surface area contributed by atoms with E-state index in [0.29, 0.717) is 16.2 Å². The van der Waals surface area contributed by atoms with Gasteiger partial charge in [0.25, 0.3) is 11.8 Å². The van der Waals surface area contributed by atoms with Crippen LogP contribution in [0.3, 0.4) is 0 Å². The predicted molar refractivity (Wildman–Crippen MR) is 152 cm³/mol. The summed E-state index contributed by atoms with van der Waals surface area (Å²) in [7, 11) is 0. The number of hydrogen-bond acceptors (Lipinski definition) is 6. The van der Waals surface area contributed by atoms with Crippen LogP contribution in [0.25, 0.3) is 0 Å². The monoisotopic (exact) mass is 575 g/mol. The summed E-state index contributed by atoms with van der Waals surface area (Å²) in [5, 5.41) is 6.15. The fourth-order valence-electron chi connectivity index (χ4n) is 8.40. The lowest BCUT2D eigenvalue weighted by Crippen LogP contribution is -2.58. The third-order valence-corrected chi connectivity index (χ3v) is 11.0. The van der Waals surface area contributed by atoms with Crippen molar-refractivity contribution in [2.45, 2.75) is 80.0 Å². The molecule has 2 aromatic carbocycles. The molecule has 4 bridgehead atoms. The zero-order valence-electron chi connectivity index (χ0n) is 22.9. The van der Waals surface area contributed by atoms with Gasteiger partial charge in [-0.3, -0.25) is 29.4 Å². The van der Waals surface area contributed by atoms with Crippen molar-refractivity contribution >= 4 is 35.4 Å². The van der Waals surface area contributed by atoms with Crippen molar-refractivity contribution in [2.75, 3.05) is 6.54 Å². The van der Waals surface area contributed by atoms with Crippen LogP contribution in [0.2, 0.25) is 0 Å². The highest BCUT2D eigenvalue weighted by Gasteiger charge is 2.50. The Morgan fingerprint density at radius 1 is 0.927 bits per heavy atom. The molecule has 2 aromatic rings. The molecule has 1 saturated heterocycles. The lowest BCUT2D eigenvalue weighted by Gasteiger charge is -2.57. The summed E-state index contributed by atoms with van der Waals surface area (Å²) in [6.07, 6.45) is 9.44. The van der Waals surface area contributed by atoms with Crippen LogP contribution >= 0.6 is 11.8 Å². The van der Waals surface area contributed by atoms with Crippen molar-refractivity contribution in [2.24, 2.45) is 17.8 Å². The summed E-state index contributed by atoms with van der Waals surface area (Å²) in [5.41, 5.74) is 2.75. The smallest absolute Gasteiger partial charge is 0.263 e. The van der Waals surface area contributed by atoms with Crippen molar-refractivity contribution in [1.82, 2.24) is 15.5 Å². The van der Waals surface area contributed by atoms with E-state index in [4.69, 9.17) is 0 Å². The van der Waals surface area contributed by atoms with Gasteiger partial charge in [0.05, 0.1) is 11.1 Å². The molecular formula is C32H34FN3O4S. The minimum atomic E-state index is -1.08. The molecule has 6 aliphatic rings. The first-order valence-corrected chi connectivity index (χ1v) is 15.8. The van der Waals surface area contributed by atoms with Gasteiger partial charge >= 0.3 is 0 Å². The van der Waals surface area contributed by atoms with Crippen LogP contribution in [0, 0.1) is 23.6 Å². The number of halogens is 1. The summed E-state index contributed by atoms with van der Waals surface area (Å²) in [6, 6.07) is 9.64. The molecular weight excluding hydrogens is 541 g/mol. The second-order valence-electron chi connectivity index (χ2n) is 12.8. The fourth-order valence-corrected chi connectivity index (χ4v) is 9.45. The topological polar surface area (TPSA) is 95.6 Å². The first kappa shape index (κ1) is 26.8. The number of benzene rings is 2. The molecule has 4 aliphatic carbocycles. The Morgan fingerprint density at radius 3 is 2.24 bits per heavy atom. The largest absolute Gasteiger partial charge is 0.311 e. The predicted octanol–water partition coefficient (Wildman–Crippen LogP) is 4.62. The third-order valence-electron chi connectivity index (χ3n) is 9.84. The van der Waals surface area contributed by atoms with Gasteiger partial charge in [-0.25, -0.2) is 4.39 Å². The molecule has 0 aromatic heterocycles. The van der Waals surface area contributed by atoms with Crippen LogP contribution in [0.4, 0.5) is 4.39 Å². The number of hydrogen-bond donors (Lipinski definition) is 2. The summed E-state index contributed by atoms with van der Waals surface area (Å²) < 4.78 is 14.5. The molecule has 1 unspecified atom stereocenters. The first-order valence-electron chi connectivity index (χ1n) is 14.8. The number of nitrogens with one attached hydrogen (secondary N) is 2. The Morgan fingerprint density at radius 2 is 1.59 bits per heavy atom. The van der Waals surface area contributed by atoms with Crippen LogP contribution < -0.4 is 10.6 Å². The third kappa shape index (κ3) is 5.01. The van der Waals surface area contributed by atoms with Crippen molar-refractivity contribution in [3.05, 3.63) is 64.5 Å². The molecule has 9 heteroatoms. The Balaban J connectivity index is 0.983. The number of nitrogens with zero attached hydrogens (tertiary/aromatic N) is 1. The average molecular weight is 576 g/mol. The zero-order valence-corrected chi connectivity index (χ0v) is 23.7. The van der Waals surface area contributed by atoms with Crippen LogP contribution in [-0.4, -0.2) is 46.7 Å². The van der Waals surface area contributed by atoms with Crippen molar-refractivity contribution in [3.8, 4) is 0 Å². The number of thioether (sulfide) groups is 1. The molecule has 8 rings (SSSR count). The zero-order chi connectivity index (χ0) is 28.3. The van der Waals surface area contributed by atoms with E-state index in [1.165, 1.54) is 61.9 Å². The van der Waals surface area contributed by atoms with Crippen LogP contribution in [-0.2, 0) is 21.8 Å². The van der Waals surface area contributed by atoms with E-state index < -0.39 is 35.5 Å². The quantitative estimate of drug-likeness (QED) is 0.352. The Bertz CT molecular complexity index is 1410. The summed E-state index contributed by atoms with van der Waals surface area (Å²) >= 11 is 1.30. The average Bonchev–Trinajstić information content (AvgIpc) is 3.16. The molecule has 1 atom stereocenters. The van der Waals surface area contributed by atoms with Gasteiger partial charge in [0.2, 0.25) is 11.8 Å². The summed E-state index contributed by atoms with van der Waals surface area (Å²) in [5.74, 6) is 0.238. The van der Waals surface area contributed by atoms with E-state index in [-0.39, 0.29) is 24.0 Å². The fraction of sp³-hybridized carbons (Fsp3) is 0.500. The van der Waals surface area contributed by atoms with Crippen molar-refractivity contribution < 1.29 is 23.6 Å². The Kier molecular flexibility index (Phi) is 6.77. The molecule has 0 radical (unpaired) electrons. The second kappa shape index (κ2) is 10.3. The summed E-state index contributed by atoms with van der Waals surface area (Å²) in [6.45, 7) is 0.982. The van der Waals surface area contributed by atoms with Gasteiger partial charge in [-0.05, 0) is 98.9 Å². The molecule has 4 saturated carbocycles. The Labute approximate surface area is 243 Å². The number of amides is 4. The molecule has 214 valence electrons. The van der Waals surface area contributed by atoms with Crippen LogP contribution in [0.5, 0.6) is 0 Å². The van der Waals surface area contributed by atoms with Gasteiger partial charge in [-0.2, -0.15) is 0 Å². The minimum Gasteiger partial charge on any atom is -0.311 e. The lowest BCUT2D eigenvalue weighted by molar-refractivity contribution is -0.136. The molecule has 2 aliphatic heterocycles. The molecule has 2 heterocycles. The van der Waals surface area contributed by atoms with Crippen LogP contribution in [0.15, 0.2) is 41.3 Å². The normalized spacial score (nSPS) is 30.2. The number of rotatable bonds is 8. The maximum Gasteiger partial charge on any atom is 0.263 e. The Hall–Kier alpha value is -3.04. The standard InChI is InChI=1S/C32H34FN3O4S/c33-23-12-24-28(31(40)36(30(24)39)25-5-6-27(37)35-29(25)38)26(13-23)41-17-19-3-1-18(2-4-19)7-8-34-32-14-20-9-21(15-32)11-22(10-20)16-32/h1-4,12-13,20-22,25,34H,5-11,14-17H2,(H,35,37,38). The highest BCUT2D eigenvalue weighted by atomic mass is 32.2. The van der Waals surface area contributed by atoms with E-state index in [1.54, 1.807) is 0 Å². The second-order valence-corrected chi connectivity index (χ2v) is 13.8. The number of piperidine rings is 1. The molecule has 0 spiro atoms. The molecule has 4 amide bonds. The number of carbonyl (C=O) groups is 4. The van der Waals surface area contributed by atoms with Gasteiger partial charge in [-0.1, -0.05) is 24.3 Å². The van der Waals surface area contributed by atoms with Gasteiger partial charge in [0.1, 0.15) is 11.9 Å². The van der Waals surface area contributed by atoms with Crippen LogP contribution in [0.1, 0.15) is 83.2 Å². The highest BCUT2D eigenvalue weighted by Crippen LogP contribution is 2.55. The molecule has 7 nitrogen and oxygen atoms in total. The van der Waals surface area contributed by atoms with Gasteiger partial charge in [0.15, 0.2) is 0 Å².